The lowest BCUT2D eigenvalue weighted by Crippen LogP contribution is -2.40. The number of carboxylic acid groups (broad SMARTS) is 1. The number of piperidine rings is 1. The Bertz CT molecular complexity index is 315. The van der Waals surface area contributed by atoms with Gasteiger partial charge in [-0.3, -0.25) is 9.69 Å². The average Bonchev–Trinajstić information content (AvgIpc) is 2.94. The van der Waals surface area contributed by atoms with Crippen molar-refractivity contribution in [1.82, 2.24) is 9.80 Å². The van der Waals surface area contributed by atoms with E-state index in [1.807, 2.05) is 0 Å². The molecule has 3 heterocycles. The number of aliphatic carboxylic acids is 1. The quantitative estimate of drug-likeness (QED) is 0.821. The first-order valence-electron chi connectivity index (χ1n) is 7.46. The fourth-order valence-corrected chi connectivity index (χ4v) is 4.16. The highest BCUT2D eigenvalue weighted by Gasteiger charge is 2.48. The number of rotatable bonds is 4. The van der Waals surface area contributed by atoms with E-state index in [1.165, 1.54) is 38.8 Å². The zero-order chi connectivity index (χ0) is 12.5. The minimum absolute atomic E-state index is 0.0925. The second kappa shape index (κ2) is 5.17. The molecule has 0 amide bonds. The smallest absolute Gasteiger partial charge is 0.308 e. The Morgan fingerprint density at radius 1 is 1.11 bits per heavy atom. The zero-order valence-corrected chi connectivity index (χ0v) is 11.1. The molecule has 4 nitrogen and oxygen atoms in total. The standard InChI is InChI=1S/C14H24N2O2/c17-14(18)12-10-11-4-5-13(12)16(11)9-8-15-6-2-1-3-7-15/h11-13H,1-10H2,(H,17,18). The third-order valence-electron chi connectivity index (χ3n) is 5.12. The SMILES string of the molecule is O=C(O)C1CC2CCC1N2CCN1CCCCC1. The summed E-state index contributed by atoms with van der Waals surface area (Å²) in [6.07, 6.45) is 7.26. The summed E-state index contributed by atoms with van der Waals surface area (Å²) in [7, 11) is 0. The fourth-order valence-electron chi connectivity index (χ4n) is 4.16. The van der Waals surface area contributed by atoms with Crippen molar-refractivity contribution in [2.24, 2.45) is 5.92 Å². The molecule has 3 aliphatic rings. The molecule has 102 valence electrons. The highest BCUT2D eigenvalue weighted by molar-refractivity contribution is 5.71. The van der Waals surface area contributed by atoms with Crippen LogP contribution >= 0.6 is 0 Å². The van der Waals surface area contributed by atoms with Crippen molar-refractivity contribution >= 4 is 5.97 Å². The first kappa shape index (κ1) is 12.4. The lowest BCUT2D eigenvalue weighted by atomic mass is 9.89. The molecule has 0 aromatic heterocycles. The number of nitrogens with zero attached hydrogens (tertiary/aromatic N) is 2. The van der Waals surface area contributed by atoms with Crippen LogP contribution in [-0.2, 0) is 4.79 Å². The lowest BCUT2D eigenvalue weighted by Gasteiger charge is -2.30. The van der Waals surface area contributed by atoms with Gasteiger partial charge in [0.25, 0.3) is 0 Å². The molecule has 0 saturated carbocycles. The van der Waals surface area contributed by atoms with Gasteiger partial charge in [0, 0.05) is 25.2 Å². The summed E-state index contributed by atoms with van der Waals surface area (Å²) >= 11 is 0. The van der Waals surface area contributed by atoms with Gasteiger partial charge in [-0.15, -0.1) is 0 Å². The Morgan fingerprint density at radius 3 is 2.56 bits per heavy atom. The van der Waals surface area contributed by atoms with Crippen LogP contribution in [0, 0.1) is 5.92 Å². The van der Waals surface area contributed by atoms with E-state index in [0.29, 0.717) is 12.1 Å². The first-order valence-corrected chi connectivity index (χ1v) is 7.46. The fraction of sp³-hybridized carbons (Fsp3) is 0.929. The molecule has 3 saturated heterocycles. The van der Waals surface area contributed by atoms with E-state index < -0.39 is 5.97 Å². The molecule has 18 heavy (non-hydrogen) atoms. The predicted molar refractivity (Wildman–Crippen MR) is 69.5 cm³/mol. The number of likely N-dealkylation sites (tertiary alicyclic amines) is 1. The van der Waals surface area contributed by atoms with Gasteiger partial charge in [0.15, 0.2) is 0 Å². The molecule has 3 atom stereocenters. The molecule has 3 aliphatic heterocycles. The molecule has 0 spiro atoms. The van der Waals surface area contributed by atoms with Crippen LogP contribution in [0.5, 0.6) is 0 Å². The highest BCUT2D eigenvalue weighted by atomic mass is 16.4. The van der Waals surface area contributed by atoms with Gasteiger partial charge in [-0.25, -0.2) is 0 Å². The molecule has 4 heteroatoms. The Kier molecular flexibility index (Phi) is 3.57. The third-order valence-corrected chi connectivity index (χ3v) is 5.12. The number of carboxylic acids is 1. The normalized spacial score (nSPS) is 37.2. The lowest BCUT2D eigenvalue weighted by molar-refractivity contribution is -0.142. The molecule has 3 unspecified atom stereocenters. The van der Waals surface area contributed by atoms with Gasteiger partial charge in [0.1, 0.15) is 0 Å². The van der Waals surface area contributed by atoms with E-state index >= 15 is 0 Å². The highest BCUT2D eigenvalue weighted by Crippen LogP contribution is 2.41. The topological polar surface area (TPSA) is 43.8 Å². The van der Waals surface area contributed by atoms with Crippen molar-refractivity contribution < 1.29 is 9.90 Å². The molecule has 3 rings (SSSR count). The van der Waals surface area contributed by atoms with Gasteiger partial charge in [-0.1, -0.05) is 6.42 Å². The summed E-state index contributed by atoms with van der Waals surface area (Å²) in [5.41, 5.74) is 0. The molecule has 3 fully saturated rings. The van der Waals surface area contributed by atoms with Gasteiger partial charge in [-0.05, 0) is 45.2 Å². The maximum atomic E-state index is 11.2. The average molecular weight is 252 g/mol. The van der Waals surface area contributed by atoms with Crippen molar-refractivity contribution in [3.8, 4) is 0 Å². The summed E-state index contributed by atoms with van der Waals surface area (Å²) in [4.78, 5) is 16.3. The van der Waals surface area contributed by atoms with Crippen LogP contribution in [0.2, 0.25) is 0 Å². The molecule has 0 radical (unpaired) electrons. The second-order valence-corrected chi connectivity index (χ2v) is 6.12. The summed E-state index contributed by atoms with van der Waals surface area (Å²) < 4.78 is 0. The van der Waals surface area contributed by atoms with E-state index in [4.69, 9.17) is 0 Å². The Hall–Kier alpha value is -0.610. The largest absolute Gasteiger partial charge is 0.481 e. The summed E-state index contributed by atoms with van der Waals surface area (Å²) in [5, 5.41) is 9.23. The molecule has 1 N–H and O–H groups in total. The molecule has 0 aliphatic carbocycles. The van der Waals surface area contributed by atoms with Gasteiger partial charge >= 0.3 is 5.97 Å². The minimum atomic E-state index is -0.579. The zero-order valence-electron chi connectivity index (χ0n) is 11.1. The van der Waals surface area contributed by atoms with E-state index in [2.05, 4.69) is 9.80 Å². The predicted octanol–water partition coefficient (Wildman–Crippen LogP) is 1.41. The van der Waals surface area contributed by atoms with Gasteiger partial charge in [-0.2, -0.15) is 0 Å². The van der Waals surface area contributed by atoms with Crippen LogP contribution in [0.15, 0.2) is 0 Å². The van der Waals surface area contributed by atoms with Crippen molar-refractivity contribution in [2.45, 2.75) is 50.6 Å². The maximum absolute atomic E-state index is 11.2. The van der Waals surface area contributed by atoms with Crippen molar-refractivity contribution in [1.29, 1.82) is 0 Å². The van der Waals surface area contributed by atoms with Gasteiger partial charge in [0.2, 0.25) is 0 Å². The second-order valence-electron chi connectivity index (χ2n) is 6.12. The first-order chi connectivity index (χ1) is 8.75. The van der Waals surface area contributed by atoms with Crippen LogP contribution in [0.1, 0.15) is 38.5 Å². The molecular weight excluding hydrogens is 228 g/mol. The number of hydrogen-bond acceptors (Lipinski definition) is 3. The van der Waals surface area contributed by atoms with E-state index in [0.717, 1.165) is 25.9 Å². The summed E-state index contributed by atoms with van der Waals surface area (Å²) in [5.74, 6) is -0.671. The van der Waals surface area contributed by atoms with Crippen LogP contribution in [0.3, 0.4) is 0 Å². The number of carbonyl (C=O) groups is 1. The summed E-state index contributed by atoms with van der Waals surface area (Å²) in [6.45, 7) is 4.70. The van der Waals surface area contributed by atoms with E-state index in [-0.39, 0.29) is 5.92 Å². The van der Waals surface area contributed by atoms with Gasteiger partial charge < -0.3 is 10.0 Å². The molecule has 0 aromatic rings. The number of fused-ring (bicyclic) bond motifs is 2. The van der Waals surface area contributed by atoms with E-state index in [1.54, 1.807) is 0 Å². The van der Waals surface area contributed by atoms with Crippen LogP contribution in [0.4, 0.5) is 0 Å². The van der Waals surface area contributed by atoms with Crippen LogP contribution in [0.25, 0.3) is 0 Å². The van der Waals surface area contributed by atoms with Crippen LogP contribution < -0.4 is 0 Å². The monoisotopic (exact) mass is 252 g/mol. The number of hydrogen-bond donors (Lipinski definition) is 1. The summed E-state index contributed by atoms with van der Waals surface area (Å²) in [6, 6.07) is 0.887. The Morgan fingerprint density at radius 2 is 1.89 bits per heavy atom. The van der Waals surface area contributed by atoms with Crippen LogP contribution in [-0.4, -0.2) is 59.1 Å². The van der Waals surface area contributed by atoms with Crippen molar-refractivity contribution in [3.05, 3.63) is 0 Å². The maximum Gasteiger partial charge on any atom is 0.308 e. The van der Waals surface area contributed by atoms with Crippen molar-refractivity contribution in [3.63, 3.8) is 0 Å². The Balaban J connectivity index is 1.52. The Labute approximate surface area is 109 Å². The molecule has 0 aromatic carbocycles. The third kappa shape index (κ3) is 2.28. The van der Waals surface area contributed by atoms with Gasteiger partial charge in [0.05, 0.1) is 5.92 Å². The minimum Gasteiger partial charge on any atom is -0.481 e. The molecular formula is C14H24N2O2. The van der Waals surface area contributed by atoms with E-state index in [9.17, 15) is 9.90 Å². The molecule has 2 bridgehead atoms. The van der Waals surface area contributed by atoms with Crippen molar-refractivity contribution in [2.75, 3.05) is 26.2 Å².